The van der Waals surface area contributed by atoms with E-state index < -0.39 is 0 Å². The van der Waals surface area contributed by atoms with Crippen LogP contribution < -0.4 is 0 Å². The molecule has 2 aliphatic carbocycles. The van der Waals surface area contributed by atoms with Crippen molar-refractivity contribution in [2.75, 3.05) is 0 Å². The van der Waals surface area contributed by atoms with Crippen molar-refractivity contribution in [3.63, 3.8) is 0 Å². The van der Waals surface area contributed by atoms with Crippen LogP contribution in [0.3, 0.4) is 0 Å². The minimum absolute atomic E-state index is 0.900. The Morgan fingerprint density at radius 1 is 1.11 bits per heavy atom. The van der Waals surface area contributed by atoms with Crippen LogP contribution in [0, 0.1) is 29.6 Å². The zero-order valence-corrected chi connectivity index (χ0v) is 13.4. The third kappa shape index (κ3) is 4.36. The van der Waals surface area contributed by atoms with Crippen LogP contribution in [-0.2, 0) is 0 Å². The smallest absolute Gasteiger partial charge is 0.0320 e. The maximum absolute atomic E-state index is 2.51. The van der Waals surface area contributed by atoms with Gasteiger partial charge in [-0.3, -0.25) is 0 Å². The second kappa shape index (κ2) is 7.50. The van der Waals surface area contributed by atoms with Gasteiger partial charge in [0.2, 0.25) is 0 Å². The topological polar surface area (TPSA) is 0 Å². The SMILES string of the molecule is CC[C@H](C)CC/C=C\CC1CC2CCCC2CC1C. The molecule has 5 atom stereocenters. The summed E-state index contributed by atoms with van der Waals surface area (Å²) in [6, 6.07) is 0. The molecule has 0 radical (unpaired) electrons. The van der Waals surface area contributed by atoms with Gasteiger partial charge in [-0.2, -0.15) is 0 Å². The van der Waals surface area contributed by atoms with Gasteiger partial charge in [0.1, 0.15) is 0 Å². The van der Waals surface area contributed by atoms with Gasteiger partial charge in [0.25, 0.3) is 0 Å². The molecule has 0 nitrogen and oxygen atoms in total. The van der Waals surface area contributed by atoms with Gasteiger partial charge in [-0.15, -0.1) is 0 Å². The lowest BCUT2D eigenvalue weighted by Gasteiger charge is -2.36. The molecule has 0 spiro atoms. The van der Waals surface area contributed by atoms with Crippen molar-refractivity contribution in [3.05, 3.63) is 12.2 Å². The van der Waals surface area contributed by atoms with Gasteiger partial charge in [-0.1, -0.05) is 58.6 Å². The van der Waals surface area contributed by atoms with Crippen molar-refractivity contribution in [3.8, 4) is 0 Å². The Bertz CT molecular complexity index is 278. The van der Waals surface area contributed by atoms with Gasteiger partial charge in [0.05, 0.1) is 0 Å². The summed E-state index contributed by atoms with van der Waals surface area (Å²) < 4.78 is 0. The lowest BCUT2D eigenvalue weighted by atomic mass is 9.69. The molecule has 2 rings (SSSR count). The summed E-state index contributed by atoms with van der Waals surface area (Å²) in [6.45, 7) is 7.18. The zero-order chi connectivity index (χ0) is 13.7. The van der Waals surface area contributed by atoms with E-state index in [9.17, 15) is 0 Å². The van der Waals surface area contributed by atoms with Crippen molar-refractivity contribution < 1.29 is 0 Å². The van der Waals surface area contributed by atoms with Crippen LogP contribution in [0.4, 0.5) is 0 Å². The van der Waals surface area contributed by atoms with Gasteiger partial charge >= 0.3 is 0 Å². The summed E-state index contributed by atoms with van der Waals surface area (Å²) in [5, 5.41) is 0. The third-order valence-electron chi connectivity index (χ3n) is 6.03. The van der Waals surface area contributed by atoms with Crippen LogP contribution >= 0.6 is 0 Å². The van der Waals surface area contributed by atoms with E-state index in [-0.39, 0.29) is 0 Å². The molecule has 2 fully saturated rings. The van der Waals surface area contributed by atoms with Crippen molar-refractivity contribution in [1.82, 2.24) is 0 Å². The van der Waals surface area contributed by atoms with Crippen LogP contribution in [0.15, 0.2) is 12.2 Å². The van der Waals surface area contributed by atoms with Gasteiger partial charge < -0.3 is 0 Å². The lowest BCUT2D eigenvalue weighted by molar-refractivity contribution is 0.146. The van der Waals surface area contributed by atoms with Crippen LogP contribution in [0.2, 0.25) is 0 Å². The number of allylic oxidation sites excluding steroid dienone is 2. The van der Waals surface area contributed by atoms with E-state index in [0.29, 0.717) is 0 Å². The number of hydrogen-bond acceptors (Lipinski definition) is 0. The second-order valence-electron chi connectivity index (χ2n) is 7.46. The predicted molar refractivity (Wildman–Crippen MR) is 85.2 cm³/mol. The molecule has 0 saturated heterocycles. The standard InChI is InChI=1S/C19H34/c1-4-15(2)9-6-5-7-10-17-14-19-12-8-11-18(19)13-16(17)3/h5,7,15-19H,4,6,8-14H2,1-3H3/b7-5-/t15-,16?,17?,18?,19?/m0/s1. The molecule has 0 N–H and O–H groups in total. The Kier molecular flexibility index (Phi) is 5.98. The van der Waals surface area contributed by atoms with E-state index in [1.54, 1.807) is 0 Å². The van der Waals surface area contributed by atoms with Gasteiger partial charge in [-0.05, 0) is 61.7 Å². The fourth-order valence-corrected chi connectivity index (χ4v) is 4.33. The van der Waals surface area contributed by atoms with E-state index in [2.05, 4.69) is 32.9 Å². The van der Waals surface area contributed by atoms with Crippen molar-refractivity contribution in [2.24, 2.45) is 29.6 Å². The van der Waals surface area contributed by atoms with E-state index >= 15 is 0 Å². The first-order chi connectivity index (χ1) is 9.20. The largest absolute Gasteiger partial charge is 0.0885 e. The van der Waals surface area contributed by atoms with E-state index in [1.807, 2.05) is 0 Å². The maximum Gasteiger partial charge on any atom is -0.0320 e. The molecule has 0 aromatic carbocycles. The van der Waals surface area contributed by atoms with Crippen molar-refractivity contribution in [1.29, 1.82) is 0 Å². The summed E-state index contributed by atoms with van der Waals surface area (Å²) in [4.78, 5) is 0. The lowest BCUT2D eigenvalue weighted by Crippen LogP contribution is -2.27. The fraction of sp³-hybridized carbons (Fsp3) is 0.895. The molecular weight excluding hydrogens is 228 g/mol. The Labute approximate surface area is 121 Å². The second-order valence-corrected chi connectivity index (χ2v) is 7.46. The fourth-order valence-electron chi connectivity index (χ4n) is 4.33. The molecule has 0 heterocycles. The Morgan fingerprint density at radius 3 is 2.58 bits per heavy atom. The maximum atomic E-state index is 2.51. The highest BCUT2D eigenvalue weighted by atomic mass is 14.4. The predicted octanol–water partition coefficient (Wildman–Crippen LogP) is 6.22. The molecule has 0 aromatic rings. The first kappa shape index (κ1) is 15.1. The molecule has 0 amide bonds. The molecule has 110 valence electrons. The summed E-state index contributed by atoms with van der Waals surface area (Å²) in [7, 11) is 0. The highest BCUT2D eigenvalue weighted by molar-refractivity contribution is 4.92. The quantitative estimate of drug-likeness (QED) is 0.498. The van der Waals surface area contributed by atoms with E-state index in [0.717, 1.165) is 29.6 Å². The molecular formula is C19H34. The van der Waals surface area contributed by atoms with Gasteiger partial charge in [0.15, 0.2) is 0 Å². The summed E-state index contributed by atoms with van der Waals surface area (Å²) in [6.07, 6.45) is 17.9. The molecule has 0 bridgehead atoms. The third-order valence-corrected chi connectivity index (χ3v) is 6.03. The van der Waals surface area contributed by atoms with Crippen LogP contribution in [0.5, 0.6) is 0 Å². The van der Waals surface area contributed by atoms with Crippen LogP contribution in [-0.4, -0.2) is 0 Å². The minimum Gasteiger partial charge on any atom is -0.0885 e. The molecule has 2 aliphatic rings. The minimum atomic E-state index is 0.900. The van der Waals surface area contributed by atoms with Crippen molar-refractivity contribution >= 4 is 0 Å². The van der Waals surface area contributed by atoms with Crippen molar-refractivity contribution in [2.45, 2.75) is 78.6 Å². The number of fused-ring (bicyclic) bond motifs is 1. The Morgan fingerprint density at radius 2 is 1.84 bits per heavy atom. The zero-order valence-electron chi connectivity index (χ0n) is 13.4. The van der Waals surface area contributed by atoms with Crippen LogP contribution in [0.25, 0.3) is 0 Å². The molecule has 4 unspecified atom stereocenters. The van der Waals surface area contributed by atoms with Gasteiger partial charge in [-0.25, -0.2) is 0 Å². The van der Waals surface area contributed by atoms with E-state index in [4.69, 9.17) is 0 Å². The van der Waals surface area contributed by atoms with Crippen LogP contribution in [0.1, 0.15) is 78.6 Å². The highest BCUT2D eigenvalue weighted by Crippen LogP contribution is 2.47. The Balaban J connectivity index is 1.68. The number of rotatable bonds is 6. The first-order valence-electron chi connectivity index (χ1n) is 8.85. The average molecular weight is 262 g/mol. The monoisotopic (exact) mass is 262 g/mol. The summed E-state index contributed by atoms with van der Waals surface area (Å²) >= 11 is 0. The normalized spacial score (nSPS) is 36.6. The Hall–Kier alpha value is -0.260. The molecule has 0 aromatic heterocycles. The first-order valence-corrected chi connectivity index (χ1v) is 8.85. The summed E-state index contributed by atoms with van der Waals surface area (Å²) in [5.74, 6) is 5.05. The highest BCUT2D eigenvalue weighted by Gasteiger charge is 2.36. The van der Waals surface area contributed by atoms with Gasteiger partial charge in [0, 0.05) is 0 Å². The molecule has 19 heavy (non-hydrogen) atoms. The van der Waals surface area contributed by atoms with E-state index in [1.165, 1.54) is 57.8 Å². The summed E-state index contributed by atoms with van der Waals surface area (Å²) in [5.41, 5.74) is 0. The molecule has 0 heteroatoms. The molecule has 0 aliphatic heterocycles. The average Bonchev–Trinajstić information content (AvgIpc) is 2.85. The molecule has 2 saturated carbocycles. The number of hydrogen-bond donors (Lipinski definition) is 0.